The maximum absolute atomic E-state index is 9.20. The number of rotatable bonds is 7. The van der Waals surface area contributed by atoms with Gasteiger partial charge < -0.3 is 97.8 Å². The average molecular weight is 895 g/mol. The van der Waals surface area contributed by atoms with Gasteiger partial charge in [0.25, 0.3) is 0 Å². The van der Waals surface area contributed by atoms with Crippen LogP contribution in [0.4, 0.5) is 0 Å². The molecule has 0 fully saturated rings. The molecule has 0 aliphatic heterocycles. The molecule has 0 spiro atoms. The third-order valence-electron chi connectivity index (χ3n) is 1.25. The molecule has 0 rings (SSSR count). The van der Waals surface area contributed by atoms with Crippen molar-refractivity contribution >= 4 is 54.9 Å². The Kier molecular flexibility index (Phi) is 83.7. The van der Waals surface area contributed by atoms with E-state index < -0.39 is 54.9 Å². The van der Waals surface area contributed by atoms with Crippen LogP contribution in [-0.2, 0) is 88.5 Å². The normalized spacial score (nSPS) is 9.78. The third-order valence-corrected chi connectivity index (χ3v) is 7.25. The molecular formula is C8H32Co2N12O18S6-12. The van der Waals surface area contributed by atoms with E-state index in [1.54, 1.807) is 0 Å². The van der Waals surface area contributed by atoms with Crippen molar-refractivity contribution < 1.29 is 111 Å². The molecule has 0 saturated carbocycles. The van der Waals surface area contributed by atoms with Crippen LogP contribution in [0, 0.1) is 0 Å². The molecule has 16 N–H and O–H groups in total. The molecule has 38 heteroatoms. The molecule has 0 heterocycles. The molecule has 0 aromatic rings. The first-order valence-corrected chi connectivity index (χ1v) is 18.3. The van der Waals surface area contributed by atoms with E-state index in [1.807, 2.05) is 0 Å². The SMILES string of the molecule is O=S(=O)([O-])S(=O)(=O)[O-].O=S(=O)([O-])S(=O)(=O)[O-].O=S(=O)([O-])S(=O)(=O)[O-].[Co+3].[Co+3].[NH-]CC[NH-].[NH-]CC[NH-].[NH-]CC[NH-].[NH-]CC[NH-].[NH2-].[NH2-].[NH2-].[NH2-]. The van der Waals surface area contributed by atoms with E-state index in [0.29, 0.717) is 0 Å². The summed E-state index contributed by atoms with van der Waals surface area (Å²) in [7, 11) is -34.0. The quantitative estimate of drug-likeness (QED) is 0.256. The minimum absolute atomic E-state index is 0. The largest absolute Gasteiger partial charge is 3.00 e. The second-order valence-electron chi connectivity index (χ2n) is 4.45. The van der Waals surface area contributed by atoms with E-state index in [4.69, 9.17) is 45.9 Å². The molecular weight excluding hydrogens is 862 g/mol. The van der Waals surface area contributed by atoms with Gasteiger partial charge in [0.1, 0.15) is 0 Å². The van der Waals surface area contributed by atoms with Gasteiger partial charge >= 0.3 is 33.6 Å². The average Bonchev–Trinajstić information content (AvgIpc) is 2.76. The zero-order valence-electron chi connectivity index (χ0n) is 22.4. The molecule has 0 aromatic heterocycles. The number of nitrogens with two attached hydrogens (primary N) is 4. The molecule has 0 radical (unpaired) electrons. The van der Waals surface area contributed by atoms with Crippen molar-refractivity contribution in [1.29, 1.82) is 0 Å². The molecule has 0 bridgehead atoms. The van der Waals surface area contributed by atoms with Crippen molar-refractivity contribution in [3.05, 3.63) is 70.5 Å². The fraction of sp³-hybridized carbons (Fsp3) is 1.00. The first-order valence-electron chi connectivity index (χ1n) is 8.33. The van der Waals surface area contributed by atoms with Gasteiger partial charge in [-0.25, -0.2) is 50.5 Å². The maximum Gasteiger partial charge on any atom is 3.00 e. The van der Waals surface area contributed by atoms with Crippen molar-refractivity contribution in [1.82, 2.24) is 0 Å². The van der Waals surface area contributed by atoms with Crippen LogP contribution in [0.15, 0.2) is 0 Å². The molecule has 0 amide bonds. The molecule has 0 unspecified atom stereocenters. The van der Waals surface area contributed by atoms with Gasteiger partial charge in [0, 0.05) is 0 Å². The zero-order valence-corrected chi connectivity index (χ0v) is 29.4. The topological polar surface area (TPSA) is 668 Å². The Labute approximate surface area is 287 Å². The summed E-state index contributed by atoms with van der Waals surface area (Å²) in [5.74, 6) is 0. The van der Waals surface area contributed by atoms with Gasteiger partial charge in [-0.2, -0.15) is 52.4 Å². The van der Waals surface area contributed by atoms with Crippen LogP contribution in [0.1, 0.15) is 0 Å². The number of hydrogen-bond donors (Lipinski definition) is 0. The fourth-order valence-electron chi connectivity index (χ4n) is 0. The van der Waals surface area contributed by atoms with Crippen molar-refractivity contribution in [3.8, 4) is 0 Å². The predicted molar refractivity (Wildman–Crippen MR) is 153 cm³/mol. The Morgan fingerprint density at radius 1 is 0.261 bits per heavy atom. The smallest absolute Gasteiger partial charge is 0.736 e. The summed E-state index contributed by atoms with van der Waals surface area (Å²) in [5, 5.41) is 0. The van der Waals surface area contributed by atoms with Gasteiger partial charge in [0.15, 0.2) is 54.9 Å². The standard InChI is InChI=1S/4C2H6N2.2Co.4H2N.3H2O6S2/c4*3-1-2-4;;;;;;;3*1-7(2,3)8(4,5)6/h4*3-4H,1-2H2;;;4*1H2;3*(H,1,2,3)(H,4,5,6)/q4*-2;2*+3;4*-1;;;/p-6. The third kappa shape index (κ3) is 84.7. The summed E-state index contributed by atoms with van der Waals surface area (Å²) in [6, 6.07) is 0. The van der Waals surface area contributed by atoms with Crippen molar-refractivity contribution in [2.75, 3.05) is 52.4 Å². The molecule has 0 aliphatic rings. The molecule has 0 saturated heterocycles. The Bertz CT molecular complexity index is 978. The van der Waals surface area contributed by atoms with Crippen molar-refractivity contribution in [3.63, 3.8) is 0 Å². The summed E-state index contributed by atoms with van der Waals surface area (Å²) in [4.78, 5) is 0. The van der Waals surface area contributed by atoms with Crippen molar-refractivity contribution in [2.45, 2.75) is 0 Å². The number of nitrogens with one attached hydrogen (secondary N) is 8. The zero-order chi connectivity index (χ0) is 34.7. The molecule has 0 aromatic carbocycles. The summed E-state index contributed by atoms with van der Waals surface area (Å²) in [6.07, 6.45) is 0. The van der Waals surface area contributed by atoms with E-state index in [9.17, 15) is 77.8 Å². The summed E-state index contributed by atoms with van der Waals surface area (Å²) in [6.45, 7) is 1.89. The Morgan fingerprint density at radius 2 is 0.304 bits per heavy atom. The first kappa shape index (κ1) is 85.5. The van der Waals surface area contributed by atoms with Gasteiger partial charge in [-0.15, -0.1) is 0 Å². The van der Waals surface area contributed by atoms with Crippen molar-refractivity contribution in [2.24, 2.45) is 0 Å². The van der Waals surface area contributed by atoms with Crippen LogP contribution in [0.25, 0.3) is 70.5 Å². The van der Waals surface area contributed by atoms with Crippen LogP contribution in [-0.4, -0.2) is 130 Å². The predicted octanol–water partition coefficient (Wildman–Crippen LogP) is 1.20. The maximum atomic E-state index is 9.20. The Morgan fingerprint density at radius 3 is 0.304 bits per heavy atom. The summed E-state index contributed by atoms with van der Waals surface area (Å²) >= 11 is 0. The molecule has 0 atom stereocenters. The molecule has 30 nitrogen and oxygen atoms in total. The van der Waals surface area contributed by atoms with Gasteiger partial charge in [0.2, 0.25) is 0 Å². The van der Waals surface area contributed by atoms with Crippen LogP contribution in [0.2, 0.25) is 0 Å². The summed E-state index contributed by atoms with van der Waals surface area (Å²) in [5.41, 5.74) is 50.1. The van der Waals surface area contributed by atoms with Crippen LogP contribution < -0.4 is 0 Å². The minimum atomic E-state index is -5.67. The first-order chi connectivity index (χ1) is 17.4. The summed E-state index contributed by atoms with van der Waals surface area (Å²) < 4.78 is 166. The van der Waals surface area contributed by atoms with E-state index in [-0.39, 0.29) is 111 Å². The second-order valence-corrected chi connectivity index (χ2v) is 16.7. The fourth-order valence-corrected chi connectivity index (χ4v) is 0. The molecule has 46 heavy (non-hydrogen) atoms. The number of hydrogen-bond acceptors (Lipinski definition) is 18. The Hall–Kier alpha value is -0.00701. The van der Waals surface area contributed by atoms with E-state index in [0.717, 1.165) is 0 Å². The second kappa shape index (κ2) is 45.0. The van der Waals surface area contributed by atoms with Gasteiger partial charge in [-0.3, -0.25) is 0 Å². The van der Waals surface area contributed by atoms with Crippen LogP contribution in [0.5, 0.6) is 0 Å². The monoisotopic (exact) mass is 894 g/mol. The van der Waals surface area contributed by atoms with Gasteiger partial charge in [0.05, 0.1) is 0 Å². The van der Waals surface area contributed by atoms with Gasteiger partial charge in [-0.1, -0.05) is 0 Å². The van der Waals surface area contributed by atoms with E-state index in [2.05, 4.69) is 0 Å². The van der Waals surface area contributed by atoms with Crippen LogP contribution in [0.3, 0.4) is 0 Å². The van der Waals surface area contributed by atoms with E-state index in [1.165, 1.54) is 0 Å². The van der Waals surface area contributed by atoms with Crippen LogP contribution >= 0.6 is 0 Å². The molecule has 298 valence electrons. The Balaban J connectivity index is -0.0000000252. The van der Waals surface area contributed by atoms with E-state index >= 15 is 0 Å². The van der Waals surface area contributed by atoms with Gasteiger partial charge in [-0.05, 0) is 0 Å². The minimum Gasteiger partial charge on any atom is -0.736 e. The molecule has 0 aliphatic carbocycles.